The molecule has 0 fully saturated rings. The van der Waals surface area contributed by atoms with Gasteiger partial charge in [0.2, 0.25) is 5.91 Å². The highest BCUT2D eigenvalue weighted by Crippen LogP contribution is 2.20. The lowest BCUT2D eigenvalue weighted by molar-refractivity contribution is -0.144. The Morgan fingerprint density at radius 2 is 1.80 bits per heavy atom. The van der Waals surface area contributed by atoms with Crippen LogP contribution in [0, 0.1) is 5.92 Å². The first-order chi connectivity index (χ1) is 16.7. The van der Waals surface area contributed by atoms with Crippen molar-refractivity contribution in [2.45, 2.75) is 53.6 Å². The summed E-state index contributed by atoms with van der Waals surface area (Å²) in [5.74, 6) is -0.723. The molecule has 1 aromatic carbocycles. The van der Waals surface area contributed by atoms with Gasteiger partial charge in [-0.25, -0.2) is 4.79 Å². The second-order valence-corrected chi connectivity index (χ2v) is 8.83. The van der Waals surface area contributed by atoms with Gasteiger partial charge in [-0.05, 0) is 24.8 Å². The average molecular weight is 488 g/mol. The number of nitrogens with zero attached hydrogens (tertiary/aromatic N) is 3. The topological polar surface area (TPSA) is 131 Å². The van der Waals surface area contributed by atoms with E-state index in [4.69, 9.17) is 10.5 Å². The van der Waals surface area contributed by atoms with E-state index in [1.165, 1.54) is 9.47 Å². The van der Waals surface area contributed by atoms with Crippen molar-refractivity contribution in [1.82, 2.24) is 14.5 Å². The highest BCUT2D eigenvalue weighted by molar-refractivity contribution is 5.97. The summed E-state index contributed by atoms with van der Waals surface area (Å²) in [6.07, 6.45) is 1.51. The number of aromatic amines is 1. The quantitative estimate of drug-likeness (QED) is 0.413. The largest absolute Gasteiger partial charge is 0.465 e. The lowest BCUT2D eigenvalue weighted by Crippen LogP contribution is -2.46. The molecule has 0 saturated heterocycles. The number of nitrogens with two attached hydrogens (primary N) is 1. The van der Waals surface area contributed by atoms with Crippen LogP contribution < -0.4 is 21.9 Å². The van der Waals surface area contributed by atoms with Crippen molar-refractivity contribution in [2.24, 2.45) is 5.92 Å². The van der Waals surface area contributed by atoms with Crippen molar-refractivity contribution in [3.63, 3.8) is 0 Å². The molecule has 10 nitrogen and oxygen atoms in total. The predicted octanol–water partition coefficient (Wildman–Crippen LogP) is 1.97. The number of rotatable bonds is 13. The van der Waals surface area contributed by atoms with Gasteiger partial charge in [-0.15, -0.1) is 0 Å². The number of hydrogen-bond acceptors (Lipinski definition) is 7. The summed E-state index contributed by atoms with van der Waals surface area (Å²) in [6, 6.07) is 9.19. The van der Waals surface area contributed by atoms with E-state index >= 15 is 0 Å². The molecule has 1 heterocycles. The van der Waals surface area contributed by atoms with Gasteiger partial charge >= 0.3 is 11.7 Å². The number of ether oxygens (including phenoxy) is 1. The second kappa shape index (κ2) is 13.5. The van der Waals surface area contributed by atoms with Crippen LogP contribution in [0.1, 0.15) is 46.1 Å². The third-order valence-electron chi connectivity index (χ3n) is 5.34. The molecule has 0 bridgehead atoms. The van der Waals surface area contributed by atoms with Crippen molar-refractivity contribution in [1.29, 1.82) is 0 Å². The van der Waals surface area contributed by atoms with Crippen molar-refractivity contribution >= 4 is 23.4 Å². The lowest BCUT2D eigenvalue weighted by atomic mass is 10.2. The summed E-state index contributed by atoms with van der Waals surface area (Å²) in [5, 5.41) is 0. The number of nitrogen functional groups attached to an aromatic ring is 1. The van der Waals surface area contributed by atoms with E-state index in [0.717, 1.165) is 12.0 Å². The van der Waals surface area contributed by atoms with Crippen LogP contribution in [-0.4, -0.2) is 52.6 Å². The molecule has 10 heteroatoms. The molecular weight excluding hydrogens is 450 g/mol. The Balaban J connectivity index is 2.49. The number of anilines is 2. The summed E-state index contributed by atoms with van der Waals surface area (Å²) in [4.78, 5) is 56.4. The summed E-state index contributed by atoms with van der Waals surface area (Å²) in [7, 11) is 0. The fourth-order valence-corrected chi connectivity index (χ4v) is 3.80. The van der Waals surface area contributed by atoms with E-state index in [2.05, 4.69) is 4.98 Å². The van der Waals surface area contributed by atoms with Crippen LogP contribution in [0.2, 0.25) is 0 Å². The van der Waals surface area contributed by atoms with E-state index in [0.29, 0.717) is 19.5 Å². The molecule has 0 aliphatic carbocycles. The molecule has 3 N–H and O–H groups in total. The highest BCUT2D eigenvalue weighted by Gasteiger charge is 2.27. The van der Waals surface area contributed by atoms with Crippen molar-refractivity contribution in [3.8, 4) is 0 Å². The van der Waals surface area contributed by atoms with Crippen LogP contribution in [0.5, 0.6) is 0 Å². The van der Waals surface area contributed by atoms with Gasteiger partial charge in [-0.1, -0.05) is 57.5 Å². The zero-order chi connectivity index (χ0) is 26.0. The SMILES string of the molecule is CCCCn1c(N)c(N(Cc2ccccc2)C(=O)CN(CC(=O)OCC)CC(C)C)c(=O)[nH]c1=O. The third kappa shape index (κ3) is 8.10. The van der Waals surface area contributed by atoms with Crippen LogP contribution in [-0.2, 0) is 27.4 Å². The molecule has 0 unspecified atom stereocenters. The van der Waals surface area contributed by atoms with Crippen LogP contribution in [0.25, 0.3) is 0 Å². The van der Waals surface area contributed by atoms with Gasteiger partial charge < -0.3 is 10.5 Å². The van der Waals surface area contributed by atoms with Crippen molar-refractivity contribution in [2.75, 3.05) is 36.9 Å². The van der Waals surface area contributed by atoms with Gasteiger partial charge in [0, 0.05) is 13.1 Å². The monoisotopic (exact) mass is 487 g/mol. The first kappa shape index (κ1) is 27.8. The van der Waals surface area contributed by atoms with Crippen LogP contribution in [0.3, 0.4) is 0 Å². The molecule has 0 atom stereocenters. The molecule has 2 aromatic rings. The fraction of sp³-hybridized carbons (Fsp3) is 0.520. The number of aromatic nitrogens is 2. The van der Waals surface area contributed by atoms with Crippen molar-refractivity contribution in [3.05, 3.63) is 56.7 Å². The number of hydrogen-bond donors (Lipinski definition) is 2. The molecule has 192 valence electrons. The Hall–Kier alpha value is -3.40. The van der Waals surface area contributed by atoms with Gasteiger partial charge in [0.05, 0.1) is 26.2 Å². The first-order valence-corrected chi connectivity index (χ1v) is 12.0. The Kier molecular flexibility index (Phi) is 10.7. The Bertz CT molecular complexity index is 1090. The number of unbranched alkanes of at least 4 members (excludes halogenated alkanes) is 1. The van der Waals surface area contributed by atoms with Crippen LogP contribution in [0.4, 0.5) is 11.5 Å². The summed E-state index contributed by atoms with van der Waals surface area (Å²) in [5.41, 5.74) is 5.68. The van der Waals surface area contributed by atoms with Crippen molar-refractivity contribution < 1.29 is 14.3 Å². The zero-order valence-electron chi connectivity index (χ0n) is 21.1. The van der Waals surface area contributed by atoms with Gasteiger partial charge in [-0.3, -0.25) is 33.7 Å². The number of H-pyrrole nitrogens is 1. The molecule has 0 saturated carbocycles. The van der Waals surface area contributed by atoms with Gasteiger partial charge in [0.15, 0.2) is 5.69 Å². The summed E-state index contributed by atoms with van der Waals surface area (Å²) in [6.45, 7) is 8.60. The Labute approximate surface area is 205 Å². The zero-order valence-corrected chi connectivity index (χ0v) is 21.1. The molecule has 0 aliphatic heterocycles. The van der Waals surface area contributed by atoms with E-state index in [-0.39, 0.29) is 43.7 Å². The predicted molar refractivity (Wildman–Crippen MR) is 136 cm³/mol. The maximum atomic E-state index is 13.6. The minimum atomic E-state index is -0.731. The molecular formula is C25H37N5O5. The maximum absolute atomic E-state index is 13.6. The number of amides is 1. The standard InChI is InChI=1S/C25H37N5O5/c1-5-7-13-29-23(26)22(24(33)27-25(29)34)30(15-19-11-9-8-10-12-19)20(31)16-28(14-18(3)4)17-21(32)35-6-2/h8-12,18H,5-7,13-17,26H2,1-4H3,(H,27,33,34). The van der Waals surface area contributed by atoms with Crippen LogP contribution >= 0.6 is 0 Å². The Morgan fingerprint density at radius 3 is 2.40 bits per heavy atom. The average Bonchev–Trinajstić information content (AvgIpc) is 2.78. The third-order valence-corrected chi connectivity index (χ3v) is 5.34. The van der Waals surface area contributed by atoms with Crippen LogP contribution in [0.15, 0.2) is 39.9 Å². The van der Waals surface area contributed by atoms with E-state index in [1.54, 1.807) is 11.8 Å². The number of nitrogens with one attached hydrogen (secondary N) is 1. The summed E-state index contributed by atoms with van der Waals surface area (Å²) < 4.78 is 6.35. The number of carbonyl (C=O) groups excluding carboxylic acids is 2. The maximum Gasteiger partial charge on any atom is 0.330 e. The molecule has 1 aromatic heterocycles. The van der Waals surface area contributed by atoms with E-state index in [1.807, 2.05) is 51.1 Å². The van der Waals surface area contributed by atoms with Gasteiger partial charge in [0.1, 0.15) is 5.82 Å². The minimum Gasteiger partial charge on any atom is -0.465 e. The Morgan fingerprint density at radius 1 is 1.11 bits per heavy atom. The summed E-state index contributed by atoms with van der Waals surface area (Å²) >= 11 is 0. The highest BCUT2D eigenvalue weighted by atomic mass is 16.5. The number of carbonyl (C=O) groups is 2. The lowest BCUT2D eigenvalue weighted by Gasteiger charge is -2.28. The smallest absolute Gasteiger partial charge is 0.330 e. The molecule has 2 rings (SSSR count). The first-order valence-electron chi connectivity index (χ1n) is 12.0. The minimum absolute atomic E-state index is 0.0568. The molecule has 0 radical (unpaired) electrons. The second-order valence-electron chi connectivity index (χ2n) is 8.83. The number of esters is 1. The molecule has 1 amide bonds. The fourth-order valence-electron chi connectivity index (χ4n) is 3.80. The molecule has 0 aliphatic rings. The molecule has 0 spiro atoms. The van der Waals surface area contributed by atoms with Gasteiger partial charge in [-0.2, -0.15) is 0 Å². The normalized spacial score (nSPS) is 11.1. The van der Waals surface area contributed by atoms with E-state index < -0.39 is 23.1 Å². The number of benzene rings is 1. The van der Waals surface area contributed by atoms with E-state index in [9.17, 15) is 19.2 Å². The van der Waals surface area contributed by atoms with Gasteiger partial charge in [0.25, 0.3) is 5.56 Å². The molecule has 35 heavy (non-hydrogen) atoms.